The molecule has 1 aliphatic rings. The van der Waals surface area contributed by atoms with Crippen LogP contribution in [0.2, 0.25) is 0 Å². The number of aliphatic hydroxyl groups excluding tert-OH is 1. The van der Waals surface area contributed by atoms with Gasteiger partial charge in [0.05, 0.1) is 17.5 Å². The Kier molecular flexibility index (Phi) is 3.57. The highest BCUT2D eigenvalue weighted by molar-refractivity contribution is 5.64. The summed E-state index contributed by atoms with van der Waals surface area (Å²) in [6, 6.07) is 0. The van der Waals surface area contributed by atoms with Gasteiger partial charge in [-0.25, -0.2) is 4.68 Å². The lowest BCUT2D eigenvalue weighted by Gasteiger charge is -2.31. The predicted octanol–water partition coefficient (Wildman–Crippen LogP) is 1.37. The van der Waals surface area contributed by atoms with Gasteiger partial charge in [-0.15, -0.1) is 0 Å². The van der Waals surface area contributed by atoms with Gasteiger partial charge in [0.15, 0.2) is 0 Å². The van der Waals surface area contributed by atoms with Crippen LogP contribution in [0.15, 0.2) is 0 Å². The number of aliphatic hydroxyl groups is 1. The van der Waals surface area contributed by atoms with Gasteiger partial charge in [0.2, 0.25) is 0 Å². The molecular formula is C12H22N4O. The molecule has 0 unspecified atom stereocenters. The number of hydrogen-bond donors (Lipinski definition) is 3. The van der Waals surface area contributed by atoms with Crippen molar-refractivity contribution in [3.63, 3.8) is 0 Å². The van der Waals surface area contributed by atoms with E-state index >= 15 is 0 Å². The van der Waals surface area contributed by atoms with Crippen molar-refractivity contribution < 1.29 is 5.11 Å². The number of nitrogen functional groups attached to an aromatic ring is 1. The smallest absolute Gasteiger partial charge is 0.148 e. The van der Waals surface area contributed by atoms with Crippen LogP contribution in [0.5, 0.6) is 0 Å². The van der Waals surface area contributed by atoms with E-state index in [-0.39, 0.29) is 6.10 Å². The third kappa shape index (κ3) is 2.54. The molecule has 1 aromatic rings. The summed E-state index contributed by atoms with van der Waals surface area (Å²) >= 11 is 0. The van der Waals surface area contributed by atoms with Crippen LogP contribution >= 0.6 is 0 Å². The second kappa shape index (κ2) is 4.96. The van der Waals surface area contributed by atoms with Crippen LogP contribution in [0.25, 0.3) is 0 Å². The van der Waals surface area contributed by atoms with Crippen molar-refractivity contribution in [3.05, 3.63) is 5.69 Å². The highest BCUT2D eigenvalue weighted by Gasteiger charge is 2.27. The van der Waals surface area contributed by atoms with Gasteiger partial charge in [-0.05, 0) is 32.1 Å². The number of nitrogens with zero attached hydrogens (tertiary/aromatic N) is 2. The minimum Gasteiger partial charge on any atom is -0.394 e. The number of aromatic nitrogens is 2. The van der Waals surface area contributed by atoms with Crippen LogP contribution in [0.4, 0.5) is 11.5 Å². The monoisotopic (exact) mass is 238 g/mol. The van der Waals surface area contributed by atoms with E-state index < -0.39 is 0 Å². The van der Waals surface area contributed by atoms with Crippen LogP contribution in [0, 0.1) is 12.8 Å². The van der Waals surface area contributed by atoms with E-state index in [1.165, 1.54) is 0 Å². The molecule has 0 atom stereocenters. The molecule has 2 rings (SSSR count). The molecule has 1 aliphatic carbocycles. The molecule has 17 heavy (non-hydrogen) atoms. The Bertz CT molecular complexity index is 382. The average molecular weight is 238 g/mol. The Labute approximate surface area is 102 Å². The van der Waals surface area contributed by atoms with Gasteiger partial charge in [0, 0.05) is 13.1 Å². The fourth-order valence-corrected chi connectivity index (χ4v) is 2.26. The summed E-state index contributed by atoms with van der Waals surface area (Å²) in [5.74, 6) is 1.50. The summed E-state index contributed by atoms with van der Waals surface area (Å²) in [5.41, 5.74) is 7.64. The summed E-state index contributed by atoms with van der Waals surface area (Å²) in [4.78, 5) is 0. The zero-order valence-electron chi connectivity index (χ0n) is 10.6. The van der Waals surface area contributed by atoms with E-state index in [9.17, 15) is 5.11 Å². The maximum absolute atomic E-state index is 9.24. The summed E-state index contributed by atoms with van der Waals surface area (Å²) in [6.45, 7) is 5.81. The minimum atomic E-state index is -0.0959. The predicted molar refractivity (Wildman–Crippen MR) is 68.9 cm³/mol. The molecule has 5 nitrogen and oxygen atoms in total. The Hall–Kier alpha value is -1.23. The van der Waals surface area contributed by atoms with Gasteiger partial charge in [0.25, 0.3) is 0 Å². The molecule has 1 fully saturated rings. The SMILES string of the molecule is CCCn1nc(C)c(N)c1NCC1CC(O)C1. The van der Waals surface area contributed by atoms with Crippen molar-refractivity contribution in [3.8, 4) is 0 Å². The fraction of sp³-hybridized carbons (Fsp3) is 0.750. The Morgan fingerprint density at radius 1 is 1.53 bits per heavy atom. The second-order valence-corrected chi connectivity index (χ2v) is 4.94. The topological polar surface area (TPSA) is 76.1 Å². The number of nitrogens with one attached hydrogen (secondary N) is 1. The van der Waals surface area contributed by atoms with Crippen LogP contribution in [0.1, 0.15) is 31.9 Å². The van der Waals surface area contributed by atoms with Crippen LogP contribution in [-0.4, -0.2) is 27.5 Å². The lowest BCUT2D eigenvalue weighted by Crippen LogP contribution is -2.33. The first kappa shape index (κ1) is 12.2. The normalized spacial score (nSPS) is 23.5. The van der Waals surface area contributed by atoms with E-state index in [1.54, 1.807) is 0 Å². The Morgan fingerprint density at radius 3 is 2.82 bits per heavy atom. The molecule has 5 heteroatoms. The van der Waals surface area contributed by atoms with E-state index in [0.717, 1.165) is 49.6 Å². The number of nitrogens with two attached hydrogens (primary N) is 1. The largest absolute Gasteiger partial charge is 0.394 e. The van der Waals surface area contributed by atoms with Gasteiger partial charge in [-0.2, -0.15) is 5.10 Å². The number of anilines is 2. The first-order valence-corrected chi connectivity index (χ1v) is 6.36. The average Bonchev–Trinajstić information content (AvgIpc) is 2.50. The number of aryl methyl sites for hydroxylation is 2. The molecular weight excluding hydrogens is 216 g/mol. The number of rotatable bonds is 5. The van der Waals surface area contributed by atoms with E-state index in [0.29, 0.717) is 5.92 Å². The zero-order valence-corrected chi connectivity index (χ0v) is 10.6. The van der Waals surface area contributed by atoms with Crippen LogP contribution < -0.4 is 11.1 Å². The van der Waals surface area contributed by atoms with Gasteiger partial charge in [-0.1, -0.05) is 6.92 Å². The second-order valence-electron chi connectivity index (χ2n) is 4.94. The first-order chi connectivity index (χ1) is 8.11. The summed E-state index contributed by atoms with van der Waals surface area (Å²) < 4.78 is 1.94. The van der Waals surface area contributed by atoms with Crippen molar-refractivity contribution in [1.29, 1.82) is 0 Å². The molecule has 0 saturated heterocycles. The summed E-state index contributed by atoms with van der Waals surface area (Å²) in [7, 11) is 0. The quantitative estimate of drug-likeness (QED) is 0.724. The van der Waals surface area contributed by atoms with Gasteiger partial charge in [-0.3, -0.25) is 0 Å². The zero-order chi connectivity index (χ0) is 12.4. The maximum Gasteiger partial charge on any atom is 0.148 e. The molecule has 4 N–H and O–H groups in total. The van der Waals surface area contributed by atoms with Crippen LogP contribution in [-0.2, 0) is 6.54 Å². The minimum absolute atomic E-state index is 0.0959. The van der Waals surface area contributed by atoms with Gasteiger partial charge < -0.3 is 16.2 Å². The third-order valence-electron chi connectivity index (χ3n) is 3.38. The van der Waals surface area contributed by atoms with E-state index in [2.05, 4.69) is 17.3 Å². The van der Waals surface area contributed by atoms with Crippen LogP contribution in [0.3, 0.4) is 0 Å². The Balaban J connectivity index is 1.98. The van der Waals surface area contributed by atoms with Crippen molar-refractivity contribution in [2.24, 2.45) is 5.92 Å². The molecule has 0 aromatic carbocycles. The van der Waals surface area contributed by atoms with Crippen molar-refractivity contribution in [1.82, 2.24) is 9.78 Å². The van der Waals surface area contributed by atoms with Crippen molar-refractivity contribution in [2.45, 2.75) is 45.8 Å². The first-order valence-electron chi connectivity index (χ1n) is 6.36. The summed E-state index contributed by atoms with van der Waals surface area (Å²) in [5, 5.41) is 17.0. The molecule has 0 amide bonds. The highest BCUT2D eigenvalue weighted by Crippen LogP contribution is 2.29. The van der Waals surface area contributed by atoms with Gasteiger partial charge in [0.1, 0.15) is 5.82 Å². The van der Waals surface area contributed by atoms with Crippen molar-refractivity contribution >= 4 is 11.5 Å². The standard InChI is InChI=1S/C12H22N4O/c1-3-4-16-12(11(13)8(2)15-16)14-7-9-5-10(17)6-9/h9-10,14,17H,3-7,13H2,1-2H3. The fourth-order valence-electron chi connectivity index (χ4n) is 2.26. The highest BCUT2D eigenvalue weighted by atomic mass is 16.3. The molecule has 1 aromatic heterocycles. The van der Waals surface area contributed by atoms with E-state index in [4.69, 9.17) is 5.73 Å². The lowest BCUT2D eigenvalue weighted by atomic mass is 9.82. The third-order valence-corrected chi connectivity index (χ3v) is 3.38. The number of hydrogen-bond acceptors (Lipinski definition) is 4. The molecule has 0 bridgehead atoms. The van der Waals surface area contributed by atoms with E-state index in [1.807, 2.05) is 11.6 Å². The molecule has 1 saturated carbocycles. The molecule has 0 spiro atoms. The molecule has 0 radical (unpaired) electrons. The molecule has 96 valence electrons. The Morgan fingerprint density at radius 2 is 2.24 bits per heavy atom. The molecule has 0 aliphatic heterocycles. The maximum atomic E-state index is 9.24. The van der Waals surface area contributed by atoms with Crippen molar-refractivity contribution in [2.75, 3.05) is 17.6 Å². The lowest BCUT2D eigenvalue weighted by molar-refractivity contribution is 0.0486. The van der Waals surface area contributed by atoms with Gasteiger partial charge >= 0.3 is 0 Å². The molecule has 1 heterocycles. The summed E-state index contributed by atoms with van der Waals surface area (Å²) in [6.07, 6.45) is 2.74.